The maximum atomic E-state index is 13.1. The minimum absolute atomic E-state index is 0.0313. The monoisotopic (exact) mass is 458 g/mol. The molecule has 1 aliphatic carbocycles. The van der Waals surface area contributed by atoms with Crippen molar-refractivity contribution in [3.8, 4) is 17.6 Å². The highest BCUT2D eigenvalue weighted by Gasteiger charge is 2.43. The smallest absolute Gasteiger partial charge is 0.205 e. The molecule has 0 unspecified atom stereocenters. The number of nitrogens with zero attached hydrogens (tertiary/aromatic N) is 1. The molecule has 7 heteroatoms. The number of ketones is 1. The number of nitriles is 1. The summed E-state index contributed by atoms with van der Waals surface area (Å²) in [6, 6.07) is 5.71. The van der Waals surface area contributed by atoms with E-state index in [2.05, 4.69) is 28.6 Å². The fraction of sp³-hybridized carbons (Fsp3) is 0.364. The van der Waals surface area contributed by atoms with Gasteiger partial charge in [-0.3, -0.25) is 4.79 Å². The summed E-state index contributed by atoms with van der Waals surface area (Å²) in [7, 11) is 1.53. The van der Waals surface area contributed by atoms with Gasteiger partial charge in [0.15, 0.2) is 17.3 Å². The maximum absolute atomic E-state index is 13.1. The summed E-state index contributed by atoms with van der Waals surface area (Å²) >= 11 is 3.51. The van der Waals surface area contributed by atoms with E-state index in [1.807, 2.05) is 19.9 Å². The van der Waals surface area contributed by atoms with Crippen LogP contribution in [-0.4, -0.2) is 19.5 Å². The number of Topliss-reactive ketones (excluding diaryl/α,β-unsaturated/α-hetero) is 1. The van der Waals surface area contributed by atoms with Gasteiger partial charge in [-0.2, -0.15) is 5.26 Å². The molecule has 0 amide bonds. The highest BCUT2D eigenvalue weighted by Crippen LogP contribution is 2.49. The average molecular weight is 459 g/mol. The third-order valence-electron chi connectivity index (χ3n) is 5.01. The molecule has 0 radical (unpaired) electrons. The number of rotatable bonds is 5. The summed E-state index contributed by atoms with van der Waals surface area (Å²) in [5.74, 6) is 0.904. The third kappa shape index (κ3) is 3.90. The number of carbonyl (C=O) groups excluding carboxylic acids is 1. The minimum atomic E-state index is -0.619. The summed E-state index contributed by atoms with van der Waals surface area (Å²) in [5.41, 5.74) is 7.24. The Bertz CT molecular complexity index is 985. The Morgan fingerprint density at radius 2 is 2.17 bits per heavy atom. The van der Waals surface area contributed by atoms with Crippen molar-refractivity contribution in [3.63, 3.8) is 0 Å². The molecule has 1 aliphatic heterocycles. The Morgan fingerprint density at radius 1 is 1.45 bits per heavy atom. The molecule has 1 heterocycles. The van der Waals surface area contributed by atoms with Gasteiger partial charge in [0, 0.05) is 18.4 Å². The van der Waals surface area contributed by atoms with E-state index < -0.39 is 5.92 Å². The minimum Gasteiger partial charge on any atom is -0.493 e. The Kier molecular flexibility index (Phi) is 5.76. The lowest BCUT2D eigenvalue weighted by atomic mass is 9.70. The molecule has 2 N–H and O–H groups in total. The van der Waals surface area contributed by atoms with Gasteiger partial charge in [-0.1, -0.05) is 26.5 Å². The number of ether oxygens (including phenoxy) is 3. The molecule has 1 aromatic carbocycles. The first-order valence-corrected chi connectivity index (χ1v) is 9.96. The standard InChI is InChI=1S/C22H23BrN2O4/c1-5-6-28-20-14(23)7-12(8-16(20)27-4)18-13(11-24)21(25)29-17-10-22(2,3)9-15(26)19(17)18/h5,7-8,18H,1,6,9-10,25H2,2-4H3/t18-/m1/s1. The van der Waals surface area contributed by atoms with E-state index in [4.69, 9.17) is 19.9 Å². The molecule has 1 aromatic rings. The molecule has 0 spiro atoms. The van der Waals surface area contributed by atoms with Crippen molar-refractivity contribution in [2.24, 2.45) is 11.1 Å². The first kappa shape index (κ1) is 21.0. The van der Waals surface area contributed by atoms with Crippen molar-refractivity contribution in [1.29, 1.82) is 5.26 Å². The molecule has 0 aromatic heterocycles. The predicted molar refractivity (Wildman–Crippen MR) is 112 cm³/mol. The highest BCUT2D eigenvalue weighted by atomic mass is 79.9. The molecule has 152 valence electrons. The van der Waals surface area contributed by atoms with Crippen molar-refractivity contribution < 1.29 is 19.0 Å². The highest BCUT2D eigenvalue weighted by molar-refractivity contribution is 9.10. The normalized spacial score (nSPS) is 20.5. The predicted octanol–water partition coefficient (Wildman–Crippen LogP) is 4.47. The fourth-order valence-electron chi connectivity index (χ4n) is 3.81. The first-order chi connectivity index (χ1) is 13.7. The van der Waals surface area contributed by atoms with Crippen LogP contribution in [0.3, 0.4) is 0 Å². The largest absolute Gasteiger partial charge is 0.493 e. The molecule has 0 saturated heterocycles. The molecular formula is C22H23BrN2O4. The van der Waals surface area contributed by atoms with Crippen LogP contribution in [-0.2, 0) is 9.53 Å². The van der Waals surface area contributed by atoms with Crippen LogP contribution in [0.15, 0.2) is 52.0 Å². The molecule has 0 saturated carbocycles. The quantitative estimate of drug-likeness (QED) is 0.653. The Balaban J connectivity index is 2.18. The van der Waals surface area contributed by atoms with Crippen LogP contribution < -0.4 is 15.2 Å². The molecule has 0 bridgehead atoms. The number of hydrogen-bond acceptors (Lipinski definition) is 6. The summed E-state index contributed by atoms with van der Waals surface area (Å²) < 4.78 is 17.5. The van der Waals surface area contributed by atoms with Gasteiger partial charge in [-0.25, -0.2) is 0 Å². The maximum Gasteiger partial charge on any atom is 0.205 e. The number of carbonyl (C=O) groups is 1. The number of nitrogens with two attached hydrogens (primary N) is 1. The lowest BCUT2D eigenvalue weighted by molar-refractivity contribution is -0.119. The zero-order valence-corrected chi connectivity index (χ0v) is 18.3. The SMILES string of the molecule is C=CCOc1c(Br)cc([C@@H]2C(C#N)=C(N)OC3=C2C(=O)CC(C)(C)C3)cc1OC. The third-order valence-corrected chi connectivity index (χ3v) is 5.60. The summed E-state index contributed by atoms with van der Waals surface area (Å²) in [6.45, 7) is 7.99. The van der Waals surface area contributed by atoms with Crippen LogP contribution in [0.4, 0.5) is 0 Å². The van der Waals surface area contributed by atoms with Gasteiger partial charge in [0.25, 0.3) is 0 Å². The number of allylic oxidation sites excluding steroid dienone is 3. The topological polar surface area (TPSA) is 94.6 Å². The van der Waals surface area contributed by atoms with E-state index in [0.717, 1.165) is 0 Å². The van der Waals surface area contributed by atoms with Gasteiger partial charge in [-0.15, -0.1) is 0 Å². The van der Waals surface area contributed by atoms with E-state index in [-0.39, 0.29) is 22.7 Å². The van der Waals surface area contributed by atoms with Crippen LogP contribution in [0.5, 0.6) is 11.5 Å². The van der Waals surface area contributed by atoms with Gasteiger partial charge in [0.2, 0.25) is 5.88 Å². The average Bonchev–Trinajstić information content (AvgIpc) is 2.64. The summed E-state index contributed by atoms with van der Waals surface area (Å²) in [5, 5.41) is 9.76. The lowest BCUT2D eigenvalue weighted by Gasteiger charge is -2.37. The lowest BCUT2D eigenvalue weighted by Crippen LogP contribution is -2.33. The molecule has 29 heavy (non-hydrogen) atoms. The van der Waals surface area contributed by atoms with Gasteiger partial charge < -0.3 is 19.9 Å². The Labute approximate surface area is 178 Å². The number of hydrogen-bond donors (Lipinski definition) is 1. The van der Waals surface area contributed by atoms with Gasteiger partial charge in [-0.05, 0) is 39.0 Å². The molecular weight excluding hydrogens is 436 g/mol. The second-order valence-corrected chi connectivity index (χ2v) is 8.69. The van der Waals surface area contributed by atoms with Crippen molar-refractivity contribution >= 4 is 21.7 Å². The molecule has 6 nitrogen and oxygen atoms in total. The van der Waals surface area contributed by atoms with Gasteiger partial charge >= 0.3 is 0 Å². The Morgan fingerprint density at radius 3 is 2.79 bits per heavy atom. The zero-order valence-electron chi connectivity index (χ0n) is 16.7. The fourth-order valence-corrected chi connectivity index (χ4v) is 4.38. The van der Waals surface area contributed by atoms with Crippen molar-refractivity contribution in [3.05, 3.63) is 57.6 Å². The number of benzene rings is 1. The van der Waals surface area contributed by atoms with Crippen LogP contribution in [0, 0.1) is 16.7 Å². The van der Waals surface area contributed by atoms with Gasteiger partial charge in [0.1, 0.15) is 24.0 Å². The molecule has 3 rings (SSSR count). The van der Waals surface area contributed by atoms with Crippen LogP contribution >= 0.6 is 15.9 Å². The van der Waals surface area contributed by atoms with Crippen LogP contribution in [0.2, 0.25) is 0 Å². The zero-order chi connectivity index (χ0) is 21.3. The van der Waals surface area contributed by atoms with E-state index in [1.165, 1.54) is 7.11 Å². The van der Waals surface area contributed by atoms with Crippen molar-refractivity contribution in [2.45, 2.75) is 32.6 Å². The molecule has 1 atom stereocenters. The van der Waals surface area contributed by atoms with E-state index >= 15 is 0 Å². The summed E-state index contributed by atoms with van der Waals surface area (Å²) in [6.07, 6.45) is 2.58. The summed E-state index contributed by atoms with van der Waals surface area (Å²) in [4.78, 5) is 13.1. The van der Waals surface area contributed by atoms with Crippen molar-refractivity contribution in [1.82, 2.24) is 0 Å². The first-order valence-electron chi connectivity index (χ1n) is 9.17. The number of halogens is 1. The second kappa shape index (κ2) is 7.96. The van der Waals surface area contributed by atoms with E-state index in [1.54, 1.807) is 12.1 Å². The van der Waals surface area contributed by atoms with Crippen LogP contribution in [0.1, 0.15) is 38.2 Å². The number of methoxy groups -OCH3 is 1. The van der Waals surface area contributed by atoms with Crippen LogP contribution in [0.25, 0.3) is 0 Å². The Hall–Kier alpha value is -2.72. The molecule has 0 fully saturated rings. The molecule has 2 aliphatic rings. The second-order valence-electron chi connectivity index (χ2n) is 7.84. The van der Waals surface area contributed by atoms with Crippen molar-refractivity contribution in [2.75, 3.05) is 13.7 Å². The van der Waals surface area contributed by atoms with E-state index in [9.17, 15) is 10.1 Å². The van der Waals surface area contributed by atoms with Gasteiger partial charge in [0.05, 0.1) is 17.5 Å². The van der Waals surface area contributed by atoms with E-state index in [0.29, 0.717) is 52.3 Å².